The van der Waals surface area contributed by atoms with Crippen molar-refractivity contribution in [3.63, 3.8) is 0 Å². The summed E-state index contributed by atoms with van der Waals surface area (Å²) in [5, 5.41) is 4.80. The van der Waals surface area contributed by atoms with Crippen LogP contribution in [0.15, 0.2) is 103 Å². The molecule has 0 bridgehead atoms. The standard InChI is InChI=1S/C40H38ClN3O4/c1-4-44(5-2)39(46)33-14-7-6-12-28(33)20-24-36(43-38(45)34-15-8-9-16-35(34)40(47)48-3)30-13-10-11-27(25-30)17-22-32-23-19-29-18-21-31(41)26-37(29)42-32/h6-19,21-23,25-26,36H,4-5,20,24H2,1-3H3,(H,43,45)/b22-17+/t36-/m1/s1. The number of fused-ring (bicyclic) bond motifs is 1. The summed E-state index contributed by atoms with van der Waals surface area (Å²) in [7, 11) is 1.29. The number of amides is 2. The van der Waals surface area contributed by atoms with Crippen molar-refractivity contribution in [3.05, 3.63) is 147 Å². The summed E-state index contributed by atoms with van der Waals surface area (Å²) in [5.74, 6) is -0.994. The van der Waals surface area contributed by atoms with Crippen LogP contribution in [-0.4, -0.2) is 47.9 Å². The number of carbonyl (C=O) groups excluding carboxylic acids is 3. The summed E-state index contributed by atoms with van der Waals surface area (Å²) in [4.78, 5) is 46.1. The number of halogens is 1. The van der Waals surface area contributed by atoms with Crippen molar-refractivity contribution in [1.29, 1.82) is 0 Å². The van der Waals surface area contributed by atoms with Gasteiger partial charge in [-0.1, -0.05) is 78.3 Å². The van der Waals surface area contributed by atoms with E-state index in [1.807, 2.05) is 105 Å². The molecule has 1 N–H and O–H groups in total. The topological polar surface area (TPSA) is 88.6 Å². The van der Waals surface area contributed by atoms with Gasteiger partial charge in [0, 0.05) is 29.1 Å². The van der Waals surface area contributed by atoms with Crippen molar-refractivity contribution >= 4 is 52.4 Å². The summed E-state index contributed by atoms with van der Waals surface area (Å²) in [6.45, 7) is 5.17. The van der Waals surface area contributed by atoms with Crippen LogP contribution in [0.1, 0.15) is 79.8 Å². The van der Waals surface area contributed by atoms with Crippen molar-refractivity contribution in [2.24, 2.45) is 0 Å². The fourth-order valence-corrected chi connectivity index (χ4v) is 5.88. The number of methoxy groups -OCH3 is 1. The van der Waals surface area contributed by atoms with Gasteiger partial charge in [-0.2, -0.15) is 0 Å². The minimum Gasteiger partial charge on any atom is -0.465 e. The van der Waals surface area contributed by atoms with Crippen LogP contribution in [0.2, 0.25) is 5.02 Å². The van der Waals surface area contributed by atoms with E-state index in [-0.39, 0.29) is 17.0 Å². The largest absolute Gasteiger partial charge is 0.465 e. The Labute approximate surface area is 286 Å². The van der Waals surface area contributed by atoms with Crippen molar-refractivity contribution in [2.75, 3.05) is 20.2 Å². The highest BCUT2D eigenvalue weighted by molar-refractivity contribution is 6.31. The van der Waals surface area contributed by atoms with Gasteiger partial charge in [-0.15, -0.1) is 0 Å². The van der Waals surface area contributed by atoms with E-state index in [1.165, 1.54) is 7.11 Å². The average Bonchev–Trinajstić information content (AvgIpc) is 3.12. The molecule has 5 aromatic rings. The molecule has 48 heavy (non-hydrogen) atoms. The molecule has 0 aliphatic rings. The monoisotopic (exact) mass is 659 g/mol. The summed E-state index contributed by atoms with van der Waals surface area (Å²) < 4.78 is 4.93. The van der Waals surface area contributed by atoms with Crippen LogP contribution in [0.3, 0.4) is 0 Å². The molecule has 2 amide bonds. The molecular formula is C40H38ClN3O4. The van der Waals surface area contributed by atoms with Gasteiger partial charge in [0.2, 0.25) is 0 Å². The van der Waals surface area contributed by atoms with E-state index in [2.05, 4.69) is 5.32 Å². The predicted octanol–water partition coefficient (Wildman–Crippen LogP) is 8.43. The van der Waals surface area contributed by atoms with Crippen LogP contribution in [0.25, 0.3) is 23.1 Å². The number of aryl methyl sites for hydroxylation is 1. The van der Waals surface area contributed by atoms with Crippen LogP contribution in [0.4, 0.5) is 0 Å². The Morgan fingerprint density at radius 3 is 2.29 bits per heavy atom. The number of rotatable bonds is 12. The molecule has 8 heteroatoms. The molecule has 0 aliphatic carbocycles. The second-order valence-electron chi connectivity index (χ2n) is 11.3. The second kappa shape index (κ2) is 16.0. The molecule has 0 saturated heterocycles. The first kappa shape index (κ1) is 34.1. The zero-order valence-electron chi connectivity index (χ0n) is 27.3. The lowest BCUT2D eigenvalue weighted by atomic mass is 9.94. The Morgan fingerprint density at radius 1 is 0.833 bits per heavy atom. The van der Waals surface area contributed by atoms with Gasteiger partial charge in [-0.3, -0.25) is 9.59 Å². The number of ether oxygens (including phenoxy) is 1. The molecule has 7 nitrogen and oxygen atoms in total. The number of hydrogen-bond acceptors (Lipinski definition) is 5. The summed E-state index contributed by atoms with van der Waals surface area (Å²) in [6.07, 6.45) is 4.96. The van der Waals surface area contributed by atoms with Crippen molar-refractivity contribution in [2.45, 2.75) is 32.7 Å². The van der Waals surface area contributed by atoms with E-state index in [9.17, 15) is 14.4 Å². The maximum Gasteiger partial charge on any atom is 0.338 e. The van der Waals surface area contributed by atoms with Crippen LogP contribution in [0.5, 0.6) is 0 Å². The van der Waals surface area contributed by atoms with Gasteiger partial charge in [0.25, 0.3) is 11.8 Å². The maximum absolute atomic E-state index is 13.7. The van der Waals surface area contributed by atoms with Gasteiger partial charge in [0.05, 0.1) is 35.5 Å². The molecule has 1 aromatic heterocycles. The van der Waals surface area contributed by atoms with Gasteiger partial charge < -0.3 is 15.0 Å². The summed E-state index contributed by atoms with van der Waals surface area (Å²) in [5.41, 5.74) is 5.38. The minimum absolute atomic E-state index is 0.0140. The highest BCUT2D eigenvalue weighted by Crippen LogP contribution is 2.25. The lowest BCUT2D eigenvalue weighted by molar-refractivity contribution is 0.0595. The smallest absolute Gasteiger partial charge is 0.338 e. The molecule has 0 saturated carbocycles. The Hall–Kier alpha value is -5.27. The molecule has 0 radical (unpaired) electrons. The van der Waals surface area contributed by atoms with E-state index in [0.717, 1.165) is 33.3 Å². The Kier molecular flexibility index (Phi) is 11.4. The zero-order chi connectivity index (χ0) is 34.0. The van der Waals surface area contributed by atoms with E-state index in [0.29, 0.717) is 36.5 Å². The molecule has 244 valence electrons. The number of carbonyl (C=O) groups is 3. The molecule has 0 spiro atoms. The van der Waals surface area contributed by atoms with Gasteiger partial charge in [0.1, 0.15) is 0 Å². The molecule has 1 atom stereocenters. The quantitative estimate of drug-likeness (QED) is 0.136. The predicted molar refractivity (Wildman–Crippen MR) is 192 cm³/mol. The molecule has 4 aromatic carbocycles. The summed E-state index contributed by atoms with van der Waals surface area (Å²) >= 11 is 6.18. The molecular weight excluding hydrogens is 622 g/mol. The average molecular weight is 660 g/mol. The number of aromatic nitrogens is 1. The Bertz CT molecular complexity index is 1970. The van der Waals surface area contributed by atoms with Gasteiger partial charge in [-0.05, 0) is 91.9 Å². The third-order valence-electron chi connectivity index (χ3n) is 8.32. The minimum atomic E-state index is -0.585. The van der Waals surface area contributed by atoms with E-state index in [1.54, 1.807) is 29.2 Å². The van der Waals surface area contributed by atoms with Gasteiger partial charge in [0.15, 0.2) is 0 Å². The van der Waals surface area contributed by atoms with Crippen molar-refractivity contribution < 1.29 is 19.1 Å². The zero-order valence-corrected chi connectivity index (χ0v) is 28.0. The number of nitrogens with one attached hydrogen (secondary N) is 1. The summed E-state index contributed by atoms with van der Waals surface area (Å²) in [6, 6.07) is 31.3. The lowest BCUT2D eigenvalue weighted by Crippen LogP contribution is -2.32. The first-order chi connectivity index (χ1) is 23.3. The van der Waals surface area contributed by atoms with E-state index < -0.39 is 17.9 Å². The lowest BCUT2D eigenvalue weighted by Gasteiger charge is -2.23. The van der Waals surface area contributed by atoms with E-state index in [4.69, 9.17) is 21.3 Å². The Morgan fingerprint density at radius 2 is 1.54 bits per heavy atom. The van der Waals surface area contributed by atoms with Crippen LogP contribution >= 0.6 is 11.6 Å². The SMILES string of the molecule is CCN(CC)C(=O)c1ccccc1CC[C@@H](NC(=O)c1ccccc1C(=O)OC)c1cccc(/C=C/c2ccc3ccc(Cl)cc3n2)c1. The van der Waals surface area contributed by atoms with Crippen LogP contribution in [0, 0.1) is 0 Å². The number of benzene rings is 4. The fraction of sp³-hybridized carbons (Fsp3) is 0.200. The first-order valence-corrected chi connectivity index (χ1v) is 16.4. The highest BCUT2D eigenvalue weighted by Gasteiger charge is 2.23. The van der Waals surface area contributed by atoms with Gasteiger partial charge >= 0.3 is 5.97 Å². The van der Waals surface area contributed by atoms with E-state index >= 15 is 0 Å². The maximum atomic E-state index is 13.7. The number of pyridine rings is 1. The van der Waals surface area contributed by atoms with Crippen molar-refractivity contribution in [3.8, 4) is 0 Å². The third-order valence-corrected chi connectivity index (χ3v) is 8.55. The number of nitrogens with zero attached hydrogens (tertiary/aromatic N) is 2. The molecule has 0 unspecified atom stereocenters. The molecule has 0 aliphatic heterocycles. The first-order valence-electron chi connectivity index (χ1n) is 16.0. The molecule has 1 heterocycles. The number of esters is 1. The molecule has 5 rings (SSSR count). The van der Waals surface area contributed by atoms with Crippen LogP contribution < -0.4 is 5.32 Å². The third kappa shape index (κ3) is 8.17. The van der Waals surface area contributed by atoms with Gasteiger partial charge in [-0.25, -0.2) is 9.78 Å². The van der Waals surface area contributed by atoms with Crippen LogP contribution in [-0.2, 0) is 11.2 Å². The fourth-order valence-electron chi connectivity index (χ4n) is 5.72. The van der Waals surface area contributed by atoms with Crippen molar-refractivity contribution in [1.82, 2.24) is 15.2 Å². The Balaban J connectivity index is 1.45. The number of hydrogen-bond donors (Lipinski definition) is 1. The second-order valence-corrected chi connectivity index (χ2v) is 11.7. The highest BCUT2D eigenvalue weighted by atomic mass is 35.5. The normalized spacial score (nSPS) is 11.8. The molecule has 0 fully saturated rings.